The van der Waals surface area contributed by atoms with Crippen LogP contribution in [0, 0.1) is 0 Å². The Balaban J connectivity index is 2.09. The summed E-state index contributed by atoms with van der Waals surface area (Å²) in [6.07, 6.45) is 2.89. The fourth-order valence-corrected chi connectivity index (χ4v) is 3.29. The summed E-state index contributed by atoms with van der Waals surface area (Å²) in [6.45, 7) is 3.71. The summed E-state index contributed by atoms with van der Waals surface area (Å²) in [6, 6.07) is 7.89. The van der Waals surface area contributed by atoms with E-state index >= 15 is 0 Å². The predicted octanol–water partition coefficient (Wildman–Crippen LogP) is 2.61. The molecule has 23 heavy (non-hydrogen) atoms. The summed E-state index contributed by atoms with van der Waals surface area (Å²) in [4.78, 5) is 26.6. The molecule has 1 aliphatic heterocycles. The minimum atomic E-state index is -0.341. The van der Waals surface area contributed by atoms with E-state index in [0.29, 0.717) is 5.69 Å². The van der Waals surface area contributed by atoms with Crippen LogP contribution in [-0.4, -0.2) is 41.5 Å². The van der Waals surface area contributed by atoms with E-state index in [1.54, 1.807) is 0 Å². The third-order valence-electron chi connectivity index (χ3n) is 4.49. The van der Waals surface area contributed by atoms with Crippen molar-refractivity contribution in [3.63, 3.8) is 0 Å². The van der Waals surface area contributed by atoms with Crippen molar-refractivity contribution in [1.29, 1.82) is 0 Å². The summed E-state index contributed by atoms with van der Waals surface area (Å²) in [5.41, 5.74) is 2.63. The zero-order valence-corrected chi connectivity index (χ0v) is 13.7. The highest BCUT2D eigenvalue weighted by atomic mass is 16.5. The van der Waals surface area contributed by atoms with Crippen molar-refractivity contribution < 1.29 is 14.3 Å². The first kappa shape index (κ1) is 15.6. The fourth-order valence-electron chi connectivity index (χ4n) is 3.29. The number of nitrogens with zero attached hydrogens (tertiary/aromatic N) is 2. The maximum Gasteiger partial charge on any atom is 0.325 e. The molecular formula is C18H22N2O3. The van der Waals surface area contributed by atoms with Gasteiger partial charge in [-0.2, -0.15) is 0 Å². The van der Waals surface area contributed by atoms with E-state index in [1.807, 2.05) is 33.7 Å². The van der Waals surface area contributed by atoms with Gasteiger partial charge in [-0.1, -0.05) is 31.5 Å². The molecule has 0 atom stereocenters. The van der Waals surface area contributed by atoms with Crippen LogP contribution in [0.3, 0.4) is 0 Å². The van der Waals surface area contributed by atoms with Gasteiger partial charge in [0.25, 0.3) is 5.91 Å². The third-order valence-corrected chi connectivity index (χ3v) is 4.49. The largest absolute Gasteiger partial charge is 0.468 e. The van der Waals surface area contributed by atoms with Crippen LogP contribution in [0.25, 0.3) is 10.9 Å². The van der Waals surface area contributed by atoms with Crippen LogP contribution in [0.2, 0.25) is 0 Å². The molecule has 5 heteroatoms. The van der Waals surface area contributed by atoms with E-state index in [4.69, 9.17) is 4.74 Å². The van der Waals surface area contributed by atoms with Crippen molar-refractivity contribution in [3.05, 3.63) is 35.5 Å². The zero-order chi connectivity index (χ0) is 16.4. The summed E-state index contributed by atoms with van der Waals surface area (Å²) in [5, 5.41) is 1.06. The van der Waals surface area contributed by atoms with Gasteiger partial charge in [0.05, 0.1) is 7.11 Å². The number of ether oxygens (including phenoxy) is 1. The standard InChI is InChI=1S/C18H22N2O3/c1-3-4-10-19-11-9-14-13-7-5-6-8-15(13)20(12-16(21)23-2)17(14)18(19)22/h5-8H,3-4,9-12H2,1-2H3. The number of aromatic nitrogens is 1. The molecule has 0 spiro atoms. The Labute approximate surface area is 135 Å². The van der Waals surface area contributed by atoms with E-state index < -0.39 is 0 Å². The summed E-state index contributed by atoms with van der Waals surface area (Å²) in [5.74, 6) is -0.313. The van der Waals surface area contributed by atoms with Crippen LogP contribution in [0.15, 0.2) is 24.3 Å². The Morgan fingerprint density at radius 3 is 2.83 bits per heavy atom. The molecule has 0 unspecified atom stereocenters. The van der Waals surface area contributed by atoms with Crippen LogP contribution in [0.1, 0.15) is 35.8 Å². The highest BCUT2D eigenvalue weighted by molar-refractivity contribution is 6.03. The van der Waals surface area contributed by atoms with Crippen molar-refractivity contribution >= 4 is 22.8 Å². The van der Waals surface area contributed by atoms with Crippen molar-refractivity contribution in [2.24, 2.45) is 0 Å². The van der Waals surface area contributed by atoms with Crippen LogP contribution in [-0.2, 0) is 22.5 Å². The molecule has 5 nitrogen and oxygen atoms in total. The Morgan fingerprint density at radius 1 is 1.30 bits per heavy atom. The number of hydrogen-bond donors (Lipinski definition) is 0. The molecule has 2 heterocycles. The molecule has 1 amide bonds. The molecule has 0 N–H and O–H groups in total. The lowest BCUT2D eigenvalue weighted by atomic mass is 10.0. The number of methoxy groups -OCH3 is 1. The number of amides is 1. The molecule has 0 saturated carbocycles. The van der Waals surface area contributed by atoms with Crippen LogP contribution >= 0.6 is 0 Å². The van der Waals surface area contributed by atoms with Gasteiger partial charge in [0.15, 0.2) is 0 Å². The molecule has 2 aromatic rings. The second-order valence-electron chi connectivity index (χ2n) is 5.90. The molecule has 1 aromatic carbocycles. The molecule has 0 fully saturated rings. The van der Waals surface area contributed by atoms with Gasteiger partial charge < -0.3 is 14.2 Å². The molecule has 1 aliphatic rings. The van der Waals surface area contributed by atoms with E-state index in [9.17, 15) is 9.59 Å². The Bertz CT molecular complexity index is 748. The molecule has 122 valence electrons. The third kappa shape index (κ3) is 2.71. The second kappa shape index (κ2) is 6.44. The number of carbonyl (C=O) groups is 2. The molecule has 1 aromatic heterocycles. The number of hydrogen-bond acceptors (Lipinski definition) is 3. The summed E-state index contributed by atoms with van der Waals surface area (Å²) >= 11 is 0. The van der Waals surface area contributed by atoms with E-state index in [2.05, 4.69) is 6.92 Å². The highest BCUT2D eigenvalue weighted by Crippen LogP contribution is 2.31. The van der Waals surface area contributed by atoms with Crippen molar-refractivity contribution in [2.75, 3.05) is 20.2 Å². The van der Waals surface area contributed by atoms with Crippen molar-refractivity contribution in [1.82, 2.24) is 9.47 Å². The first-order chi connectivity index (χ1) is 11.2. The topological polar surface area (TPSA) is 51.5 Å². The highest BCUT2D eigenvalue weighted by Gasteiger charge is 2.31. The Morgan fingerprint density at radius 2 is 2.09 bits per heavy atom. The van der Waals surface area contributed by atoms with Crippen LogP contribution < -0.4 is 0 Å². The predicted molar refractivity (Wildman–Crippen MR) is 88.5 cm³/mol. The minimum absolute atomic E-state index is 0.0276. The SMILES string of the molecule is CCCCN1CCc2c(n(CC(=O)OC)c3ccccc23)C1=O. The average Bonchev–Trinajstić information content (AvgIpc) is 2.89. The average molecular weight is 314 g/mol. The van der Waals surface area contributed by atoms with Gasteiger partial charge in [0.1, 0.15) is 12.2 Å². The van der Waals surface area contributed by atoms with Gasteiger partial charge in [0.2, 0.25) is 0 Å². The Kier molecular flexibility index (Phi) is 4.37. The zero-order valence-electron chi connectivity index (χ0n) is 13.7. The quantitative estimate of drug-likeness (QED) is 0.797. The molecule has 0 bridgehead atoms. The molecule has 0 radical (unpaired) electrons. The molecule has 3 rings (SSSR count). The lowest BCUT2D eigenvalue weighted by Crippen LogP contribution is -2.39. The molecule has 0 saturated heterocycles. The maximum atomic E-state index is 12.9. The Hall–Kier alpha value is -2.30. The number of benzene rings is 1. The number of para-hydroxylation sites is 1. The number of fused-ring (bicyclic) bond motifs is 3. The second-order valence-corrected chi connectivity index (χ2v) is 5.90. The normalized spacial score (nSPS) is 14.2. The van der Waals surface area contributed by atoms with E-state index in [0.717, 1.165) is 48.8 Å². The number of carbonyl (C=O) groups excluding carboxylic acids is 2. The number of rotatable bonds is 5. The summed E-state index contributed by atoms with van der Waals surface area (Å²) in [7, 11) is 1.37. The fraction of sp³-hybridized carbons (Fsp3) is 0.444. The molecule has 0 aliphatic carbocycles. The lowest BCUT2D eigenvalue weighted by Gasteiger charge is -2.28. The summed E-state index contributed by atoms with van der Waals surface area (Å²) < 4.78 is 6.62. The monoisotopic (exact) mass is 314 g/mol. The van der Waals surface area contributed by atoms with Crippen LogP contribution in [0.4, 0.5) is 0 Å². The van der Waals surface area contributed by atoms with E-state index in [1.165, 1.54) is 7.11 Å². The van der Waals surface area contributed by atoms with Crippen molar-refractivity contribution in [3.8, 4) is 0 Å². The first-order valence-electron chi connectivity index (χ1n) is 8.13. The smallest absolute Gasteiger partial charge is 0.325 e. The van der Waals surface area contributed by atoms with Gasteiger partial charge in [-0.3, -0.25) is 9.59 Å². The van der Waals surface area contributed by atoms with Gasteiger partial charge >= 0.3 is 5.97 Å². The lowest BCUT2D eigenvalue weighted by molar-refractivity contribution is -0.141. The maximum absolute atomic E-state index is 12.9. The first-order valence-corrected chi connectivity index (χ1v) is 8.13. The van der Waals surface area contributed by atoms with E-state index in [-0.39, 0.29) is 18.4 Å². The molecular weight excluding hydrogens is 292 g/mol. The number of esters is 1. The van der Waals surface area contributed by atoms with Crippen molar-refractivity contribution in [2.45, 2.75) is 32.7 Å². The minimum Gasteiger partial charge on any atom is -0.468 e. The van der Waals surface area contributed by atoms with Gasteiger partial charge in [-0.05, 0) is 24.5 Å². The number of unbranched alkanes of at least 4 members (excludes halogenated alkanes) is 1. The van der Waals surface area contributed by atoms with Crippen LogP contribution in [0.5, 0.6) is 0 Å². The van der Waals surface area contributed by atoms with Gasteiger partial charge in [-0.25, -0.2) is 0 Å². The van der Waals surface area contributed by atoms with Gasteiger partial charge in [0, 0.05) is 24.0 Å². The van der Waals surface area contributed by atoms with Gasteiger partial charge in [-0.15, -0.1) is 0 Å².